The van der Waals surface area contributed by atoms with E-state index in [1.54, 1.807) is 36.4 Å². The Morgan fingerprint density at radius 2 is 1.68 bits per heavy atom. The molecule has 0 N–H and O–H groups in total. The molecule has 98 valence electrons. The molecule has 0 bridgehead atoms. The van der Waals surface area contributed by atoms with E-state index >= 15 is 0 Å². The summed E-state index contributed by atoms with van der Waals surface area (Å²) in [6.07, 6.45) is -0.801. The molecule has 2 aromatic carbocycles. The molecule has 1 unspecified atom stereocenters. The summed E-state index contributed by atoms with van der Waals surface area (Å²) in [5.74, 6) is 0.152. The zero-order valence-corrected chi connectivity index (χ0v) is 11.1. The van der Waals surface area contributed by atoms with Crippen LogP contribution in [0.15, 0.2) is 54.6 Å². The zero-order chi connectivity index (χ0) is 13.7. The maximum absolute atomic E-state index is 11.8. The number of para-hydroxylation sites is 1. The second-order valence-corrected chi connectivity index (χ2v) is 4.32. The number of methoxy groups -OCH3 is 1. The third-order valence-corrected chi connectivity index (χ3v) is 2.84. The highest BCUT2D eigenvalue weighted by Gasteiger charge is 2.23. The fraction of sp³-hybridized carbons (Fsp3) is 0.133. The van der Waals surface area contributed by atoms with Crippen molar-refractivity contribution in [1.82, 2.24) is 0 Å². The van der Waals surface area contributed by atoms with Gasteiger partial charge in [0.25, 0.3) is 0 Å². The first-order chi connectivity index (χ1) is 9.20. The van der Waals surface area contributed by atoms with Crippen LogP contribution in [-0.4, -0.2) is 13.1 Å². The van der Waals surface area contributed by atoms with Gasteiger partial charge >= 0.3 is 5.97 Å². The molecular formula is C15H13ClO3. The molecule has 3 nitrogen and oxygen atoms in total. The van der Waals surface area contributed by atoms with Crippen molar-refractivity contribution in [3.63, 3.8) is 0 Å². The molecule has 0 heterocycles. The minimum absolute atomic E-state index is 0.453. The van der Waals surface area contributed by atoms with Gasteiger partial charge in [-0.2, -0.15) is 0 Å². The minimum Gasteiger partial charge on any atom is -0.474 e. The summed E-state index contributed by atoms with van der Waals surface area (Å²) in [6, 6.07) is 16.0. The first-order valence-electron chi connectivity index (χ1n) is 5.75. The number of hydrogen-bond acceptors (Lipinski definition) is 3. The van der Waals surface area contributed by atoms with Gasteiger partial charge in [0.2, 0.25) is 6.10 Å². The summed E-state index contributed by atoms with van der Waals surface area (Å²) in [7, 11) is 1.33. The molecule has 0 saturated carbocycles. The Hall–Kier alpha value is -2.00. The van der Waals surface area contributed by atoms with Crippen LogP contribution in [0.4, 0.5) is 0 Å². The number of carbonyl (C=O) groups is 1. The maximum atomic E-state index is 11.8. The smallest absolute Gasteiger partial charge is 0.351 e. The highest BCUT2D eigenvalue weighted by atomic mass is 35.5. The molecule has 4 heteroatoms. The number of hydrogen-bond donors (Lipinski definition) is 0. The predicted octanol–water partition coefficient (Wildman–Crippen LogP) is 3.63. The Labute approximate surface area is 116 Å². The lowest BCUT2D eigenvalue weighted by Gasteiger charge is -2.17. The number of esters is 1. The molecular weight excluding hydrogens is 264 g/mol. The molecule has 0 amide bonds. The SMILES string of the molecule is COC(=O)C(Oc1ccccc1)c1ccc(Cl)cc1. The molecule has 0 aliphatic carbocycles. The van der Waals surface area contributed by atoms with Crippen molar-refractivity contribution in [2.75, 3.05) is 7.11 Å². The van der Waals surface area contributed by atoms with Crippen LogP contribution in [0.5, 0.6) is 5.75 Å². The van der Waals surface area contributed by atoms with E-state index in [2.05, 4.69) is 0 Å². The summed E-state index contributed by atoms with van der Waals surface area (Å²) >= 11 is 5.83. The first-order valence-corrected chi connectivity index (χ1v) is 6.13. The number of rotatable bonds is 4. The summed E-state index contributed by atoms with van der Waals surface area (Å²) in [4.78, 5) is 11.8. The molecule has 1 atom stereocenters. The number of ether oxygens (including phenoxy) is 2. The molecule has 2 rings (SSSR count). The molecule has 0 radical (unpaired) electrons. The van der Waals surface area contributed by atoms with E-state index < -0.39 is 12.1 Å². The van der Waals surface area contributed by atoms with Gasteiger partial charge in [-0.1, -0.05) is 41.9 Å². The maximum Gasteiger partial charge on any atom is 0.351 e. The van der Waals surface area contributed by atoms with Gasteiger partial charge in [-0.25, -0.2) is 4.79 Å². The second-order valence-electron chi connectivity index (χ2n) is 3.89. The van der Waals surface area contributed by atoms with Crippen LogP contribution in [0.3, 0.4) is 0 Å². The van der Waals surface area contributed by atoms with Crippen LogP contribution in [0.25, 0.3) is 0 Å². The van der Waals surface area contributed by atoms with Gasteiger partial charge in [-0.3, -0.25) is 0 Å². The van der Waals surface area contributed by atoms with Crippen LogP contribution in [0, 0.1) is 0 Å². The van der Waals surface area contributed by atoms with Crippen molar-refractivity contribution in [3.05, 3.63) is 65.2 Å². The highest BCUT2D eigenvalue weighted by molar-refractivity contribution is 6.30. The van der Waals surface area contributed by atoms with Crippen molar-refractivity contribution in [2.24, 2.45) is 0 Å². The first kappa shape index (κ1) is 13.4. The lowest BCUT2D eigenvalue weighted by Crippen LogP contribution is -2.20. The topological polar surface area (TPSA) is 35.5 Å². The Bertz CT molecular complexity index is 537. The number of carbonyl (C=O) groups excluding carboxylic acids is 1. The molecule has 0 saturated heterocycles. The third-order valence-electron chi connectivity index (χ3n) is 2.59. The van der Waals surface area contributed by atoms with E-state index in [4.69, 9.17) is 21.1 Å². The molecule has 0 fully saturated rings. The van der Waals surface area contributed by atoms with Crippen molar-refractivity contribution >= 4 is 17.6 Å². The quantitative estimate of drug-likeness (QED) is 0.800. The lowest BCUT2D eigenvalue weighted by molar-refractivity contribution is -0.149. The third kappa shape index (κ3) is 3.48. The zero-order valence-electron chi connectivity index (χ0n) is 10.4. The Morgan fingerprint density at radius 3 is 2.26 bits per heavy atom. The van der Waals surface area contributed by atoms with E-state index in [0.717, 1.165) is 0 Å². The van der Waals surface area contributed by atoms with Crippen LogP contribution < -0.4 is 4.74 Å². The van der Waals surface area contributed by atoms with E-state index in [1.165, 1.54) is 7.11 Å². The molecule has 0 aliphatic heterocycles. The fourth-order valence-electron chi connectivity index (χ4n) is 1.63. The highest BCUT2D eigenvalue weighted by Crippen LogP contribution is 2.24. The van der Waals surface area contributed by atoms with Gasteiger partial charge < -0.3 is 9.47 Å². The van der Waals surface area contributed by atoms with Gasteiger partial charge in [0.1, 0.15) is 5.75 Å². The summed E-state index contributed by atoms with van der Waals surface area (Å²) in [5, 5.41) is 0.604. The van der Waals surface area contributed by atoms with E-state index in [1.807, 2.05) is 18.2 Å². The molecule has 2 aromatic rings. The average molecular weight is 277 g/mol. The van der Waals surface area contributed by atoms with E-state index in [9.17, 15) is 4.79 Å². The van der Waals surface area contributed by atoms with Crippen molar-refractivity contribution in [3.8, 4) is 5.75 Å². The van der Waals surface area contributed by atoms with Crippen molar-refractivity contribution < 1.29 is 14.3 Å². The number of halogens is 1. The molecule has 0 spiro atoms. The van der Waals surface area contributed by atoms with Gasteiger partial charge in [0.05, 0.1) is 7.11 Å². The Balaban J connectivity index is 2.26. The average Bonchev–Trinajstić information content (AvgIpc) is 2.46. The summed E-state index contributed by atoms with van der Waals surface area (Å²) in [5.41, 5.74) is 0.695. The molecule has 0 aromatic heterocycles. The fourth-order valence-corrected chi connectivity index (χ4v) is 1.76. The van der Waals surface area contributed by atoms with E-state index in [0.29, 0.717) is 16.3 Å². The van der Waals surface area contributed by atoms with Crippen LogP contribution in [0.1, 0.15) is 11.7 Å². The van der Waals surface area contributed by atoms with Crippen LogP contribution in [0.2, 0.25) is 5.02 Å². The van der Waals surface area contributed by atoms with Crippen LogP contribution in [-0.2, 0) is 9.53 Å². The minimum atomic E-state index is -0.801. The number of benzene rings is 2. The Kier molecular flexibility index (Phi) is 4.42. The standard InChI is InChI=1S/C15H13ClO3/c1-18-15(17)14(11-7-9-12(16)10-8-11)19-13-5-3-2-4-6-13/h2-10,14H,1H3. The van der Waals surface area contributed by atoms with E-state index in [-0.39, 0.29) is 0 Å². The summed E-state index contributed by atoms with van der Waals surface area (Å²) in [6.45, 7) is 0. The molecule has 0 aliphatic rings. The molecule has 19 heavy (non-hydrogen) atoms. The normalized spacial score (nSPS) is 11.7. The van der Waals surface area contributed by atoms with Gasteiger partial charge in [0.15, 0.2) is 0 Å². The van der Waals surface area contributed by atoms with Gasteiger partial charge in [0, 0.05) is 10.6 Å². The monoisotopic (exact) mass is 276 g/mol. The van der Waals surface area contributed by atoms with Crippen LogP contribution >= 0.6 is 11.6 Å². The summed E-state index contributed by atoms with van der Waals surface area (Å²) < 4.78 is 10.4. The second kappa shape index (κ2) is 6.25. The van der Waals surface area contributed by atoms with Crippen molar-refractivity contribution in [1.29, 1.82) is 0 Å². The van der Waals surface area contributed by atoms with Gasteiger partial charge in [-0.15, -0.1) is 0 Å². The van der Waals surface area contributed by atoms with Gasteiger partial charge in [-0.05, 0) is 24.3 Å². The Morgan fingerprint density at radius 1 is 1.05 bits per heavy atom. The predicted molar refractivity (Wildman–Crippen MR) is 73.3 cm³/mol. The lowest BCUT2D eigenvalue weighted by atomic mass is 10.1. The van der Waals surface area contributed by atoms with Crippen molar-refractivity contribution in [2.45, 2.75) is 6.10 Å². The largest absolute Gasteiger partial charge is 0.474 e.